The molecule has 2 aliphatic rings. The van der Waals surface area contributed by atoms with E-state index in [4.69, 9.17) is 5.11 Å². The second-order valence-corrected chi connectivity index (χ2v) is 9.93. The predicted molar refractivity (Wildman–Crippen MR) is 125 cm³/mol. The molecule has 1 amide bonds. The molecule has 3 atom stereocenters. The molecule has 1 aliphatic heterocycles. The first-order chi connectivity index (χ1) is 14.8. The van der Waals surface area contributed by atoms with Crippen molar-refractivity contribution in [3.63, 3.8) is 0 Å². The van der Waals surface area contributed by atoms with Gasteiger partial charge in [-0.1, -0.05) is 58.1 Å². The van der Waals surface area contributed by atoms with Gasteiger partial charge in [0.1, 0.15) is 12.3 Å². The van der Waals surface area contributed by atoms with Crippen molar-refractivity contribution < 1.29 is 25.3 Å². The summed E-state index contributed by atoms with van der Waals surface area (Å²) in [7, 11) is 0. The molecule has 7 nitrogen and oxygen atoms in total. The van der Waals surface area contributed by atoms with E-state index in [9.17, 15) is 14.7 Å². The highest BCUT2D eigenvalue weighted by Crippen LogP contribution is 2.40. The number of rotatable bonds is 8. The number of amides is 1. The average molecular weight is 449 g/mol. The van der Waals surface area contributed by atoms with Crippen molar-refractivity contribution in [1.29, 1.82) is 0 Å². The van der Waals surface area contributed by atoms with E-state index >= 15 is 0 Å². The van der Waals surface area contributed by atoms with E-state index in [1.165, 1.54) is 32.1 Å². The van der Waals surface area contributed by atoms with Gasteiger partial charge in [-0.25, -0.2) is 0 Å². The Morgan fingerprint density at radius 1 is 1.25 bits per heavy atom. The third-order valence-corrected chi connectivity index (χ3v) is 7.68. The van der Waals surface area contributed by atoms with E-state index in [-0.39, 0.29) is 29.3 Å². The summed E-state index contributed by atoms with van der Waals surface area (Å²) >= 11 is 0. The van der Waals surface area contributed by atoms with Crippen molar-refractivity contribution in [2.75, 3.05) is 26.2 Å². The summed E-state index contributed by atoms with van der Waals surface area (Å²) in [5, 5.41) is 21.5. The van der Waals surface area contributed by atoms with Gasteiger partial charge in [-0.15, -0.1) is 0 Å². The smallest absolute Gasteiger partial charge is 0.322 e. The minimum Gasteiger partial charge on any atom is -0.508 e. The molecule has 1 aromatic carbocycles. The number of hydrogen-bond donors (Lipinski definition) is 3. The minimum atomic E-state index is -1.00. The van der Waals surface area contributed by atoms with Gasteiger partial charge in [-0.3, -0.25) is 9.59 Å². The van der Waals surface area contributed by atoms with Gasteiger partial charge >= 0.3 is 5.97 Å². The van der Waals surface area contributed by atoms with Crippen LogP contribution in [0.1, 0.15) is 64.4 Å². The van der Waals surface area contributed by atoms with Crippen LogP contribution in [0.2, 0.25) is 0 Å². The second kappa shape index (κ2) is 11.7. The van der Waals surface area contributed by atoms with Crippen molar-refractivity contribution in [3.8, 4) is 5.75 Å². The first-order valence-corrected chi connectivity index (χ1v) is 11.8. The van der Waals surface area contributed by atoms with Crippen LogP contribution in [0, 0.1) is 17.8 Å². The number of carbonyl (C=O) groups is 2. The van der Waals surface area contributed by atoms with Crippen LogP contribution in [0.4, 0.5) is 0 Å². The fourth-order valence-electron chi connectivity index (χ4n) is 5.48. The minimum absolute atomic E-state index is 0. The van der Waals surface area contributed by atoms with Crippen molar-refractivity contribution in [3.05, 3.63) is 29.8 Å². The lowest BCUT2D eigenvalue weighted by molar-refractivity contribution is -0.138. The lowest BCUT2D eigenvalue weighted by Crippen LogP contribution is -2.50. The number of nitrogens with one attached hydrogen (secondary N) is 1. The van der Waals surface area contributed by atoms with Crippen molar-refractivity contribution >= 4 is 11.9 Å². The largest absolute Gasteiger partial charge is 0.508 e. The highest BCUT2D eigenvalue weighted by Gasteiger charge is 2.39. The van der Waals surface area contributed by atoms with Crippen LogP contribution in [0.25, 0.3) is 0 Å². The van der Waals surface area contributed by atoms with Crippen molar-refractivity contribution in [2.24, 2.45) is 17.8 Å². The van der Waals surface area contributed by atoms with E-state index in [1.807, 2.05) is 12.1 Å². The van der Waals surface area contributed by atoms with Gasteiger partial charge in [0.25, 0.3) is 0 Å². The Morgan fingerprint density at radius 3 is 2.59 bits per heavy atom. The van der Waals surface area contributed by atoms with Crippen LogP contribution in [-0.2, 0) is 15.0 Å². The monoisotopic (exact) mass is 448 g/mol. The lowest BCUT2D eigenvalue weighted by atomic mass is 9.68. The summed E-state index contributed by atoms with van der Waals surface area (Å²) in [5.74, 6) is -0.0504. The summed E-state index contributed by atoms with van der Waals surface area (Å²) in [6, 6.07) is 7.58. The van der Waals surface area contributed by atoms with Crippen LogP contribution >= 0.6 is 0 Å². The van der Waals surface area contributed by atoms with Crippen LogP contribution in [0.3, 0.4) is 0 Å². The third-order valence-electron chi connectivity index (χ3n) is 7.68. The molecule has 0 aromatic heterocycles. The molecule has 0 radical (unpaired) electrons. The molecule has 1 saturated carbocycles. The molecule has 2 fully saturated rings. The summed E-state index contributed by atoms with van der Waals surface area (Å²) in [6.45, 7) is 6.66. The van der Waals surface area contributed by atoms with E-state index in [0.29, 0.717) is 24.1 Å². The number of aliphatic carboxylic acids is 1. The van der Waals surface area contributed by atoms with Gasteiger partial charge < -0.3 is 25.9 Å². The highest BCUT2D eigenvalue weighted by atomic mass is 16.4. The van der Waals surface area contributed by atoms with Crippen LogP contribution in [-0.4, -0.2) is 58.6 Å². The molecule has 0 spiro atoms. The van der Waals surface area contributed by atoms with Gasteiger partial charge in [0.15, 0.2) is 0 Å². The number of likely N-dealkylation sites (tertiary alicyclic amines) is 1. The molecular formula is C25H40N2O5. The Kier molecular flexibility index (Phi) is 9.52. The van der Waals surface area contributed by atoms with E-state index < -0.39 is 5.97 Å². The molecule has 3 unspecified atom stereocenters. The second-order valence-electron chi connectivity index (χ2n) is 9.93. The van der Waals surface area contributed by atoms with Crippen molar-refractivity contribution in [2.45, 2.75) is 64.2 Å². The van der Waals surface area contributed by atoms with Gasteiger partial charge in [-0.05, 0) is 54.3 Å². The number of benzene rings is 1. The first-order valence-electron chi connectivity index (χ1n) is 11.8. The number of carbonyl (C=O) groups excluding carboxylic acids is 1. The molecule has 7 heteroatoms. The molecule has 1 aromatic rings. The number of piperidine rings is 1. The van der Waals surface area contributed by atoms with Crippen LogP contribution in [0.15, 0.2) is 24.3 Å². The Labute approximate surface area is 191 Å². The standard InChI is InChI=1S/C25H38N2O4.H2O/c1-18-16-27(12-11-25(18,2)21-9-6-10-22(28)14-21)17-20(24(31)26-15-23(29)30)13-19-7-4-3-5-8-19;/h6,9-10,14,18-20,28H,3-5,7-8,11-13,15-17H2,1-2H3,(H,26,31)(H,29,30);1H2. The summed E-state index contributed by atoms with van der Waals surface area (Å²) in [4.78, 5) is 26.1. The molecule has 32 heavy (non-hydrogen) atoms. The zero-order valence-electron chi connectivity index (χ0n) is 19.5. The SMILES string of the molecule is CC1CN(CC(CC2CCCCC2)C(=O)NCC(=O)O)CCC1(C)c1cccc(O)c1.O. The van der Waals surface area contributed by atoms with Gasteiger partial charge in [0, 0.05) is 13.1 Å². The maximum Gasteiger partial charge on any atom is 0.322 e. The predicted octanol–water partition coefficient (Wildman–Crippen LogP) is 2.95. The Hall–Kier alpha value is -2.12. The van der Waals surface area contributed by atoms with Gasteiger partial charge in [0.05, 0.1) is 5.92 Å². The maximum absolute atomic E-state index is 12.8. The fourth-order valence-corrected chi connectivity index (χ4v) is 5.48. The summed E-state index contributed by atoms with van der Waals surface area (Å²) in [5.41, 5.74) is 1.15. The zero-order valence-corrected chi connectivity index (χ0v) is 19.5. The first kappa shape index (κ1) is 26.1. The molecule has 1 saturated heterocycles. The fraction of sp³-hybridized carbons (Fsp3) is 0.680. The normalized spacial score (nSPS) is 25.5. The molecular weight excluding hydrogens is 408 g/mol. The maximum atomic E-state index is 12.8. The average Bonchev–Trinajstić information content (AvgIpc) is 2.75. The molecule has 0 bridgehead atoms. The Balaban J connectivity index is 0.00000363. The summed E-state index contributed by atoms with van der Waals surface area (Å²) in [6.07, 6.45) is 7.91. The third kappa shape index (κ3) is 6.69. The number of nitrogens with zero attached hydrogens (tertiary/aromatic N) is 1. The summed E-state index contributed by atoms with van der Waals surface area (Å²) < 4.78 is 0. The Morgan fingerprint density at radius 2 is 1.97 bits per heavy atom. The number of phenolic OH excluding ortho intramolecular Hbond substituents is 1. The molecule has 1 heterocycles. The molecule has 1 aliphatic carbocycles. The quantitative estimate of drug-likeness (QED) is 0.564. The molecule has 5 N–H and O–H groups in total. The Bertz CT molecular complexity index is 764. The van der Waals surface area contributed by atoms with Gasteiger partial charge in [0.2, 0.25) is 5.91 Å². The zero-order chi connectivity index (χ0) is 22.4. The van der Waals surface area contributed by atoms with Crippen molar-refractivity contribution in [1.82, 2.24) is 10.2 Å². The topological polar surface area (TPSA) is 121 Å². The number of phenols is 1. The van der Waals surface area contributed by atoms with Crippen LogP contribution < -0.4 is 5.32 Å². The number of carboxylic acids is 1. The van der Waals surface area contributed by atoms with E-state index in [2.05, 4.69) is 30.1 Å². The molecule has 180 valence electrons. The van der Waals surface area contributed by atoms with Gasteiger partial charge in [-0.2, -0.15) is 0 Å². The van der Waals surface area contributed by atoms with Crippen LogP contribution in [0.5, 0.6) is 5.75 Å². The van der Waals surface area contributed by atoms with E-state index in [0.717, 1.165) is 31.5 Å². The van der Waals surface area contributed by atoms with E-state index in [1.54, 1.807) is 6.07 Å². The highest BCUT2D eigenvalue weighted by molar-refractivity contribution is 5.83. The molecule has 3 rings (SSSR count). The number of carboxylic acid groups (broad SMARTS) is 1. The number of hydrogen-bond acceptors (Lipinski definition) is 4. The number of aromatic hydroxyl groups is 1. The lowest BCUT2D eigenvalue weighted by Gasteiger charge is -2.46.